The molecule has 2 aliphatic heterocycles. The number of β-lactam (4-membered cyclic amide) rings is 1. The van der Waals surface area contributed by atoms with Crippen molar-refractivity contribution >= 4 is 40.1 Å². The van der Waals surface area contributed by atoms with E-state index in [-0.39, 0.29) is 23.6 Å². The number of aryl methyl sites for hydroxylation is 1. The zero-order valence-corrected chi connectivity index (χ0v) is 14.9. The molecular formula is C15H19N3O4S2. The van der Waals surface area contributed by atoms with Crippen molar-refractivity contribution < 1.29 is 19.8 Å². The number of carboxylic acids is 1. The van der Waals surface area contributed by atoms with E-state index >= 15 is 0 Å². The summed E-state index contributed by atoms with van der Waals surface area (Å²) in [5.74, 6) is -1.36. The van der Waals surface area contributed by atoms with Gasteiger partial charge in [-0.2, -0.15) is 0 Å². The van der Waals surface area contributed by atoms with E-state index in [0.29, 0.717) is 22.2 Å². The van der Waals surface area contributed by atoms with Gasteiger partial charge in [-0.3, -0.25) is 4.79 Å². The van der Waals surface area contributed by atoms with Gasteiger partial charge >= 0.3 is 5.97 Å². The van der Waals surface area contributed by atoms with Crippen molar-refractivity contribution in [3.05, 3.63) is 21.7 Å². The smallest absolute Gasteiger partial charge is 0.353 e. The SMILES string of the molecule is C[C@@H](O)[C@H]1C(=O)N2C(C(=O)O)=C(SCCc3csc(N)n3)[C@H](C)[C@H]12. The molecule has 1 aromatic heterocycles. The number of anilines is 1. The number of amides is 1. The molecule has 0 radical (unpaired) electrons. The molecule has 9 heteroatoms. The molecule has 0 aromatic carbocycles. The number of thioether (sulfide) groups is 1. The number of hydrogen-bond acceptors (Lipinski definition) is 7. The van der Waals surface area contributed by atoms with Gasteiger partial charge in [0.2, 0.25) is 5.91 Å². The first kappa shape index (κ1) is 17.2. The normalized spacial score (nSPS) is 27.2. The fraction of sp³-hybridized carbons (Fsp3) is 0.533. The van der Waals surface area contributed by atoms with Gasteiger partial charge in [-0.25, -0.2) is 9.78 Å². The Bertz CT molecular complexity index is 715. The number of carbonyl (C=O) groups excluding carboxylic acids is 1. The second-order valence-electron chi connectivity index (χ2n) is 6.05. The third-order valence-corrected chi connectivity index (χ3v) is 6.50. The number of nitrogens with zero attached hydrogens (tertiary/aromatic N) is 2. The van der Waals surface area contributed by atoms with Gasteiger partial charge in [-0.05, 0) is 13.3 Å². The fourth-order valence-corrected chi connectivity index (χ4v) is 5.27. The number of aliphatic carboxylic acids is 1. The summed E-state index contributed by atoms with van der Waals surface area (Å²) in [6.45, 7) is 3.49. The second kappa shape index (κ2) is 6.38. The van der Waals surface area contributed by atoms with Gasteiger partial charge in [0.15, 0.2) is 5.13 Å². The zero-order chi connectivity index (χ0) is 17.6. The molecular weight excluding hydrogens is 350 g/mol. The van der Waals surface area contributed by atoms with Crippen LogP contribution in [0.25, 0.3) is 0 Å². The molecule has 0 saturated carbocycles. The van der Waals surface area contributed by atoms with Crippen LogP contribution >= 0.6 is 23.1 Å². The van der Waals surface area contributed by atoms with E-state index in [9.17, 15) is 19.8 Å². The second-order valence-corrected chi connectivity index (χ2v) is 8.07. The molecule has 4 N–H and O–H groups in total. The van der Waals surface area contributed by atoms with Gasteiger partial charge in [0.25, 0.3) is 0 Å². The van der Waals surface area contributed by atoms with Crippen LogP contribution in [0.4, 0.5) is 5.13 Å². The first-order valence-electron chi connectivity index (χ1n) is 7.64. The van der Waals surface area contributed by atoms with Gasteiger partial charge in [0.1, 0.15) is 5.70 Å². The van der Waals surface area contributed by atoms with Gasteiger partial charge in [0, 0.05) is 22.0 Å². The van der Waals surface area contributed by atoms with E-state index in [4.69, 9.17) is 5.73 Å². The molecule has 4 atom stereocenters. The standard InChI is InChI=1S/C15H19N3O4S2/c1-6-10-9(7(2)19)13(20)18(10)11(14(21)22)12(6)23-4-3-8-5-24-15(16)17-8/h5-7,9-10,19H,3-4H2,1-2H3,(H2,16,17)(H,21,22)/t6-,7-,9-,10-/m1/s1. The molecule has 1 fully saturated rings. The highest BCUT2D eigenvalue weighted by Crippen LogP contribution is 2.50. The van der Waals surface area contributed by atoms with Gasteiger partial charge in [-0.15, -0.1) is 23.1 Å². The van der Waals surface area contributed by atoms with E-state index in [1.807, 2.05) is 12.3 Å². The van der Waals surface area contributed by atoms with Crippen LogP contribution in [-0.4, -0.2) is 49.9 Å². The minimum Gasteiger partial charge on any atom is -0.477 e. The number of nitrogens with two attached hydrogens (primary N) is 1. The number of rotatable bonds is 6. The highest BCUT2D eigenvalue weighted by atomic mass is 32.2. The average molecular weight is 369 g/mol. The number of thiazole rings is 1. The van der Waals surface area contributed by atoms with Crippen molar-refractivity contribution in [1.29, 1.82) is 0 Å². The lowest BCUT2D eigenvalue weighted by Gasteiger charge is -2.46. The van der Waals surface area contributed by atoms with E-state index in [1.165, 1.54) is 28.0 Å². The predicted molar refractivity (Wildman–Crippen MR) is 92.3 cm³/mol. The summed E-state index contributed by atoms with van der Waals surface area (Å²) >= 11 is 2.82. The van der Waals surface area contributed by atoms with Crippen LogP contribution in [0.3, 0.4) is 0 Å². The number of aromatic nitrogens is 1. The van der Waals surface area contributed by atoms with E-state index in [2.05, 4.69) is 4.98 Å². The molecule has 1 aromatic rings. The topological polar surface area (TPSA) is 117 Å². The summed E-state index contributed by atoms with van der Waals surface area (Å²) < 4.78 is 0. The molecule has 3 heterocycles. The molecule has 1 saturated heterocycles. The van der Waals surface area contributed by atoms with Crippen molar-refractivity contribution in [1.82, 2.24) is 9.88 Å². The third-order valence-electron chi connectivity index (χ3n) is 4.50. The Balaban J connectivity index is 1.75. The molecule has 0 bridgehead atoms. The number of hydrogen-bond donors (Lipinski definition) is 3. The van der Waals surface area contributed by atoms with Crippen LogP contribution in [0.2, 0.25) is 0 Å². The van der Waals surface area contributed by atoms with Crippen LogP contribution < -0.4 is 5.73 Å². The Morgan fingerprint density at radius 1 is 1.58 bits per heavy atom. The molecule has 2 aliphatic rings. The molecule has 3 rings (SSSR count). The van der Waals surface area contributed by atoms with Gasteiger partial charge < -0.3 is 20.8 Å². The maximum Gasteiger partial charge on any atom is 0.353 e. The monoisotopic (exact) mass is 369 g/mol. The minimum absolute atomic E-state index is 0.0668. The van der Waals surface area contributed by atoms with Crippen molar-refractivity contribution in [3.63, 3.8) is 0 Å². The predicted octanol–water partition coefficient (Wildman–Crippen LogP) is 1.15. The lowest BCUT2D eigenvalue weighted by molar-refractivity contribution is -0.163. The van der Waals surface area contributed by atoms with E-state index < -0.39 is 18.0 Å². The number of carbonyl (C=O) groups is 2. The highest BCUT2D eigenvalue weighted by Gasteiger charge is 2.59. The Morgan fingerprint density at radius 3 is 2.83 bits per heavy atom. The molecule has 130 valence electrons. The number of nitrogen functional groups attached to an aromatic ring is 1. The van der Waals surface area contributed by atoms with Crippen LogP contribution in [0.1, 0.15) is 19.5 Å². The molecule has 0 aliphatic carbocycles. The fourth-order valence-electron chi connectivity index (χ4n) is 3.42. The summed E-state index contributed by atoms with van der Waals surface area (Å²) in [4.78, 5) is 30.1. The Labute approximate surface area is 147 Å². The maximum absolute atomic E-state index is 12.2. The van der Waals surface area contributed by atoms with Crippen LogP contribution in [-0.2, 0) is 16.0 Å². The number of carboxylic acid groups (broad SMARTS) is 1. The van der Waals surface area contributed by atoms with Crippen molar-refractivity contribution in [2.24, 2.45) is 11.8 Å². The lowest BCUT2D eigenvalue weighted by Crippen LogP contribution is -2.63. The summed E-state index contributed by atoms with van der Waals surface area (Å²) in [5.41, 5.74) is 6.56. The minimum atomic E-state index is -1.10. The first-order valence-corrected chi connectivity index (χ1v) is 9.50. The number of fused-ring (bicyclic) bond motifs is 1. The maximum atomic E-state index is 12.2. The van der Waals surface area contributed by atoms with E-state index in [0.717, 1.165) is 5.69 Å². The third kappa shape index (κ3) is 2.70. The molecule has 7 nitrogen and oxygen atoms in total. The largest absolute Gasteiger partial charge is 0.477 e. The molecule has 1 amide bonds. The van der Waals surface area contributed by atoms with Crippen molar-refractivity contribution in [2.45, 2.75) is 32.4 Å². The van der Waals surface area contributed by atoms with E-state index in [1.54, 1.807) is 6.92 Å². The summed E-state index contributed by atoms with van der Waals surface area (Å²) in [6, 6.07) is -0.263. The highest BCUT2D eigenvalue weighted by molar-refractivity contribution is 8.03. The van der Waals surface area contributed by atoms with Crippen LogP contribution in [0.5, 0.6) is 0 Å². The Hall–Kier alpha value is -1.58. The van der Waals surface area contributed by atoms with Gasteiger partial charge in [-0.1, -0.05) is 6.92 Å². The Kier molecular flexibility index (Phi) is 4.58. The number of aliphatic hydroxyl groups is 1. The molecule has 0 unspecified atom stereocenters. The van der Waals surface area contributed by atoms with Gasteiger partial charge in [0.05, 0.1) is 23.8 Å². The van der Waals surface area contributed by atoms with Crippen LogP contribution in [0, 0.1) is 11.8 Å². The average Bonchev–Trinajstić information content (AvgIpc) is 3.00. The zero-order valence-electron chi connectivity index (χ0n) is 13.3. The first-order chi connectivity index (χ1) is 11.3. The summed E-state index contributed by atoms with van der Waals surface area (Å²) in [6.07, 6.45) is -0.0986. The lowest BCUT2D eigenvalue weighted by atomic mass is 9.79. The summed E-state index contributed by atoms with van der Waals surface area (Å²) in [7, 11) is 0. The Morgan fingerprint density at radius 2 is 2.29 bits per heavy atom. The van der Waals surface area contributed by atoms with Crippen LogP contribution in [0.15, 0.2) is 16.0 Å². The molecule has 24 heavy (non-hydrogen) atoms. The summed E-state index contributed by atoms with van der Waals surface area (Å²) in [5, 5.41) is 21.7. The van der Waals surface area contributed by atoms with Crippen molar-refractivity contribution in [3.8, 4) is 0 Å². The van der Waals surface area contributed by atoms with Crippen molar-refractivity contribution in [2.75, 3.05) is 11.5 Å². The molecule has 0 spiro atoms. The quantitative estimate of drug-likeness (QED) is 0.644. The number of aliphatic hydroxyl groups excluding tert-OH is 1.